The van der Waals surface area contributed by atoms with E-state index in [1.165, 1.54) is 0 Å². The molecule has 0 saturated heterocycles. The van der Waals surface area contributed by atoms with Gasteiger partial charge in [0.05, 0.1) is 6.04 Å². The Hall–Kier alpha value is -1.08. The molecule has 0 fully saturated rings. The lowest BCUT2D eigenvalue weighted by atomic mass is 10.1. The number of benzene rings is 1. The van der Waals surface area contributed by atoms with E-state index in [1.54, 1.807) is 0 Å². The molecular weight excluding hydrogens is 269 g/mol. The number of halogens is 6. The summed E-state index contributed by atoms with van der Waals surface area (Å²) in [6.45, 7) is -0.932. The number of nitrogens with two attached hydrogens (primary N) is 1. The maximum absolute atomic E-state index is 13.1. The molecule has 0 bridgehead atoms. The van der Waals surface area contributed by atoms with E-state index in [-0.39, 0.29) is 18.0 Å². The Balaban J connectivity index is 0.00000256. The van der Waals surface area contributed by atoms with Crippen molar-refractivity contribution in [2.75, 3.05) is 6.67 Å². The van der Waals surface area contributed by atoms with Crippen molar-refractivity contribution in [2.24, 2.45) is 5.73 Å². The van der Waals surface area contributed by atoms with Gasteiger partial charge in [0.25, 0.3) is 0 Å². The third-order valence-corrected chi connectivity index (χ3v) is 1.78. The number of hydrogen-bond acceptors (Lipinski definition) is 2. The second kappa shape index (κ2) is 6.02. The first-order chi connectivity index (χ1) is 7.33. The fourth-order valence-corrected chi connectivity index (χ4v) is 1.04. The largest absolute Gasteiger partial charge is 0.573 e. The van der Waals surface area contributed by atoms with Crippen molar-refractivity contribution >= 4 is 12.4 Å². The van der Waals surface area contributed by atoms with E-state index in [2.05, 4.69) is 4.74 Å². The van der Waals surface area contributed by atoms with Gasteiger partial charge in [-0.05, 0) is 17.7 Å². The summed E-state index contributed by atoms with van der Waals surface area (Å²) in [5, 5.41) is 0. The topological polar surface area (TPSA) is 35.2 Å². The van der Waals surface area contributed by atoms with Gasteiger partial charge in [-0.15, -0.1) is 25.6 Å². The molecule has 0 spiro atoms. The Labute approximate surface area is 100.0 Å². The monoisotopic (exact) mass is 277 g/mol. The summed E-state index contributed by atoms with van der Waals surface area (Å²) in [7, 11) is 0. The van der Waals surface area contributed by atoms with Crippen molar-refractivity contribution in [3.05, 3.63) is 29.6 Å². The van der Waals surface area contributed by atoms with Crippen LogP contribution in [0.3, 0.4) is 0 Å². The van der Waals surface area contributed by atoms with Crippen LogP contribution in [0.4, 0.5) is 22.0 Å². The van der Waals surface area contributed by atoms with Crippen LogP contribution in [0.1, 0.15) is 11.6 Å². The van der Waals surface area contributed by atoms with Crippen LogP contribution in [0.25, 0.3) is 0 Å². The minimum Gasteiger partial charge on any atom is -0.403 e. The van der Waals surface area contributed by atoms with E-state index in [4.69, 9.17) is 5.73 Å². The highest BCUT2D eigenvalue weighted by Crippen LogP contribution is 2.27. The third kappa shape index (κ3) is 4.74. The normalized spacial score (nSPS) is 12.8. The summed E-state index contributed by atoms with van der Waals surface area (Å²) in [6, 6.07) is 1.49. The zero-order valence-corrected chi connectivity index (χ0v) is 9.12. The van der Waals surface area contributed by atoms with Crippen LogP contribution in [-0.4, -0.2) is 13.0 Å². The average Bonchev–Trinajstić information content (AvgIpc) is 2.18. The van der Waals surface area contributed by atoms with Gasteiger partial charge in [0.1, 0.15) is 6.67 Å². The average molecular weight is 278 g/mol. The van der Waals surface area contributed by atoms with Gasteiger partial charge in [0.2, 0.25) is 0 Å². The minimum absolute atomic E-state index is 0. The molecule has 17 heavy (non-hydrogen) atoms. The highest BCUT2D eigenvalue weighted by molar-refractivity contribution is 5.85. The summed E-state index contributed by atoms with van der Waals surface area (Å²) >= 11 is 0. The second-order valence-electron chi connectivity index (χ2n) is 3.00. The highest BCUT2D eigenvalue weighted by atomic mass is 35.5. The van der Waals surface area contributed by atoms with Crippen LogP contribution in [0.15, 0.2) is 18.2 Å². The zero-order chi connectivity index (χ0) is 12.3. The Morgan fingerprint density at radius 1 is 1.29 bits per heavy atom. The van der Waals surface area contributed by atoms with Crippen molar-refractivity contribution in [1.29, 1.82) is 0 Å². The Morgan fingerprint density at radius 2 is 1.88 bits per heavy atom. The van der Waals surface area contributed by atoms with E-state index < -0.39 is 30.6 Å². The smallest absolute Gasteiger partial charge is 0.403 e. The molecule has 0 amide bonds. The molecule has 2 N–H and O–H groups in total. The van der Waals surface area contributed by atoms with Crippen molar-refractivity contribution < 1.29 is 26.7 Å². The highest BCUT2D eigenvalue weighted by Gasteiger charge is 2.32. The molecule has 1 aromatic carbocycles. The van der Waals surface area contributed by atoms with Gasteiger partial charge < -0.3 is 10.5 Å². The quantitative estimate of drug-likeness (QED) is 0.862. The summed E-state index contributed by atoms with van der Waals surface area (Å²) in [4.78, 5) is 0. The Kier molecular flexibility index (Phi) is 5.63. The molecule has 0 saturated carbocycles. The van der Waals surface area contributed by atoms with Crippen molar-refractivity contribution in [3.8, 4) is 5.75 Å². The van der Waals surface area contributed by atoms with E-state index in [1.807, 2.05) is 0 Å². The second-order valence-corrected chi connectivity index (χ2v) is 3.00. The van der Waals surface area contributed by atoms with Gasteiger partial charge in [-0.25, -0.2) is 8.78 Å². The third-order valence-electron chi connectivity index (χ3n) is 1.78. The van der Waals surface area contributed by atoms with Crippen LogP contribution in [0.2, 0.25) is 0 Å². The Morgan fingerprint density at radius 3 is 2.29 bits per heavy atom. The molecule has 1 atom stereocenters. The molecule has 0 aliphatic heterocycles. The number of alkyl halides is 4. The molecule has 1 rings (SSSR count). The van der Waals surface area contributed by atoms with Crippen molar-refractivity contribution in [3.63, 3.8) is 0 Å². The van der Waals surface area contributed by atoms with E-state index >= 15 is 0 Å². The molecule has 98 valence electrons. The molecule has 2 nitrogen and oxygen atoms in total. The molecule has 8 heteroatoms. The van der Waals surface area contributed by atoms with Gasteiger partial charge >= 0.3 is 6.36 Å². The lowest BCUT2D eigenvalue weighted by molar-refractivity contribution is -0.275. The van der Waals surface area contributed by atoms with Crippen molar-refractivity contribution in [1.82, 2.24) is 0 Å². The molecule has 0 heterocycles. The lowest BCUT2D eigenvalue weighted by Gasteiger charge is -2.12. The summed E-state index contributed by atoms with van der Waals surface area (Å²) in [5.41, 5.74) is 5.30. The summed E-state index contributed by atoms with van der Waals surface area (Å²) in [5.74, 6) is -2.21. The van der Waals surface area contributed by atoms with Crippen molar-refractivity contribution in [2.45, 2.75) is 12.4 Å². The van der Waals surface area contributed by atoms with Gasteiger partial charge in [0, 0.05) is 0 Å². The van der Waals surface area contributed by atoms with Crippen LogP contribution in [0, 0.1) is 5.82 Å². The van der Waals surface area contributed by atoms with Crippen LogP contribution in [-0.2, 0) is 0 Å². The van der Waals surface area contributed by atoms with Crippen LogP contribution in [0.5, 0.6) is 5.75 Å². The first kappa shape index (κ1) is 15.9. The van der Waals surface area contributed by atoms with Gasteiger partial charge in [-0.3, -0.25) is 0 Å². The van der Waals surface area contributed by atoms with E-state index in [9.17, 15) is 22.0 Å². The summed E-state index contributed by atoms with van der Waals surface area (Å²) in [6.07, 6.45) is -4.97. The molecule has 0 aromatic heterocycles. The molecule has 1 aromatic rings. The van der Waals surface area contributed by atoms with Crippen LogP contribution < -0.4 is 10.5 Å². The minimum atomic E-state index is -4.97. The molecular formula is C9H9ClF5NO. The first-order valence-electron chi connectivity index (χ1n) is 4.20. The maximum Gasteiger partial charge on any atom is 0.573 e. The predicted octanol–water partition coefficient (Wildman–Crippen LogP) is 3.12. The van der Waals surface area contributed by atoms with Gasteiger partial charge in [-0.2, -0.15) is 0 Å². The van der Waals surface area contributed by atoms with Gasteiger partial charge in [0.15, 0.2) is 11.6 Å². The maximum atomic E-state index is 13.1. The van der Waals surface area contributed by atoms with Crippen LogP contribution >= 0.6 is 12.4 Å². The fourth-order valence-electron chi connectivity index (χ4n) is 1.04. The van der Waals surface area contributed by atoms with Gasteiger partial charge in [-0.1, -0.05) is 6.07 Å². The Bertz CT molecular complexity index is 371. The van der Waals surface area contributed by atoms with E-state index in [0.29, 0.717) is 6.07 Å². The number of hydrogen-bond donors (Lipinski definition) is 1. The SMILES string of the molecule is Cl.N[C@@H](CF)c1ccc(OC(F)(F)F)c(F)c1. The molecule has 0 radical (unpaired) electrons. The number of rotatable bonds is 3. The molecule has 0 aliphatic rings. The zero-order valence-electron chi connectivity index (χ0n) is 8.30. The summed E-state index contributed by atoms with van der Waals surface area (Å²) < 4.78 is 63.9. The standard InChI is InChI=1S/C9H8F5NO.ClH/c10-4-7(15)5-1-2-8(6(11)3-5)16-9(12,13)14;/h1-3,7H,4,15H2;1H/t7-;/m0./s1. The molecule has 0 aliphatic carbocycles. The molecule has 0 unspecified atom stereocenters. The van der Waals surface area contributed by atoms with E-state index in [0.717, 1.165) is 12.1 Å². The predicted molar refractivity (Wildman–Crippen MR) is 53.2 cm³/mol. The fraction of sp³-hybridized carbons (Fsp3) is 0.333. The first-order valence-corrected chi connectivity index (χ1v) is 4.20. The number of ether oxygens (including phenoxy) is 1. The lowest BCUT2D eigenvalue weighted by Crippen LogP contribution is -2.18.